The van der Waals surface area contributed by atoms with Crippen molar-refractivity contribution in [3.05, 3.63) is 17.8 Å². The third-order valence-corrected chi connectivity index (χ3v) is 4.11. The van der Waals surface area contributed by atoms with Crippen LogP contribution in [0.15, 0.2) is 12.1 Å². The fourth-order valence-corrected chi connectivity index (χ4v) is 2.98. The van der Waals surface area contributed by atoms with Gasteiger partial charge >= 0.3 is 0 Å². The van der Waals surface area contributed by atoms with E-state index in [4.69, 9.17) is 9.84 Å². The Hall–Kier alpha value is -1.20. The molecule has 0 spiro atoms. The van der Waals surface area contributed by atoms with E-state index in [1.807, 2.05) is 0 Å². The van der Waals surface area contributed by atoms with Gasteiger partial charge in [-0.25, -0.2) is 0 Å². The van der Waals surface area contributed by atoms with E-state index in [9.17, 15) is 0 Å². The number of aromatic nitrogens is 2. The van der Waals surface area contributed by atoms with Crippen molar-refractivity contribution in [1.29, 1.82) is 0 Å². The smallest absolute Gasteiger partial charge is 0.151 e. The summed E-state index contributed by atoms with van der Waals surface area (Å²) in [4.78, 5) is 2.13. The second-order valence-electron chi connectivity index (χ2n) is 5.42. The quantitative estimate of drug-likeness (QED) is 0.891. The topological polar surface area (TPSA) is 58.5 Å². The highest BCUT2D eigenvalue weighted by molar-refractivity contribution is 5.38. The van der Waals surface area contributed by atoms with Crippen LogP contribution in [-0.2, 0) is 4.74 Å². The minimum Gasteiger partial charge on any atom is -0.394 e. The Kier molecular flexibility index (Phi) is 3.94. The molecule has 2 fully saturated rings. The van der Waals surface area contributed by atoms with E-state index in [0.717, 1.165) is 18.1 Å². The molecular formula is C14H21N3O2. The summed E-state index contributed by atoms with van der Waals surface area (Å²) in [6.07, 6.45) is 5.02. The summed E-state index contributed by atoms with van der Waals surface area (Å²) in [6, 6.07) is 4.17. The number of ether oxygens (including phenoxy) is 1. The van der Waals surface area contributed by atoms with Crippen LogP contribution in [0.2, 0.25) is 0 Å². The van der Waals surface area contributed by atoms with Crippen molar-refractivity contribution in [2.45, 2.75) is 37.7 Å². The Labute approximate surface area is 113 Å². The molecule has 0 aromatic carbocycles. The van der Waals surface area contributed by atoms with Gasteiger partial charge < -0.3 is 14.7 Å². The second kappa shape index (κ2) is 5.84. The maximum absolute atomic E-state index is 9.16. The fourth-order valence-electron chi connectivity index (χ4n) is 2.98. The van der Waals surface area contributed by atoms with Gasteiger partial charge in [0.05, 0.1) is 25.0 Å². The molecule has 5 heteroatoms. The second-order valence-corrected chi connectivity index (χ2v) is 5.42. The van der Waals surface area contributed by atoms with E-state index >= 15 is 0 Å². The number of rotatable bonds is 3. The van der Waals surface area contributed by atoms with Gasteiger partial charge in [-0.15, -0.1) is 5.10 Å². The van der Waals surface area contributed by atoms with Crippen LogP contribution in [-0.4, -0.2) is 47.7 Å². The van der Waals surface area contributed by atoms with Crippen molar-refractivity contribution >= 4 is 5.82 Å². The minimum absolute atomic E-state index is 0.0596. The van der Waals surface area contributed by atoms with Crippen LogP contribution < -0.4 is 4.90 Å². The minimum atomic E-state index is -0.106. The predicted molar refractivity (Wildman–Crippen MR) is 72.3 cm³/mol. The standard InChI is InChI=1S/C14H21N3O2/c18-10-12-9-17(7-8-19-12)14-6-5-13(15-16-14)11-3-1-2-4-11/h5-6,11-12,18H,1-4,7-10H2. The molecule has 1 aromatic heterocycles. The first kappa shape index (κ1) is 12.8. The van der Waals surface area contributed by atoms with Crippen molar-refractivity contribution < 1.29 is 9.84 Å². The van der Waals surface area contributed by atoms with Crippen LogP contribution in [0.4, 0.5) is 5.82 Å². The Bertz CT molecular complexity index is 404. The molecule has 1 aliphatic heterocycles. The molecule has 0 radical (unpaired) electrons. The Morgan fingerprint density at radius 1 is 1.26 bits per heavy atom. The monoisotopic (exact) mass is 263 g/mol. The summed E-state index contributed by atoms with van der Waals surface area (Å²) in [6.45, 7) is 2.20. The van der Waals surface area contributed by atoms with Crippen molar-refractivity contribution in [3.8, 4) is 0 Å². The first-order valence-electron chi connectivity index (χ1n) is 7.18. The van der Waals surface area contributed by atoms with Crippen LogP contribution in [0.3, 0.4) is 0 Å². The highest BCUT2D eigenvalue weighted by atomic mass is 16.5. The normalized spacial score (nSPS) is 24.9. The molecular weight excluding hydrogens is 242 g/mol. The molecule has 104 valence electrons. The largest absolute Gasteiger partial charge is 0.394 e. The molecule has 1 saturated heterocycles. The SMILES string of the molecule is OCC1CN(c2ccc(C3CCCC3)nn2)CCO1. The molecule has 1 saturated carbocycles. The zero-order valence-corrected chi connectivity index (χ0v) is 11.2. The predicted octanol–water partition coefficient (Wildman–Crippen LogP) is 1.33. The molecule has 1 aliphatic carbocycles. The number of hydrogen-bond acceptors (Lipinski definition) is 5. The Morgan fingerprint density at radius 3 is 2.79 bits per heavy atom. The molecule has 1 N–H and O–H groups in total. The van der Waals surface area contributed by atoms with Crippen LogP contribution >= 0.6 is 0 Å². The van der Waals surface area contributed by atoms with Crippen molar-refractivity contribution in [1.82, 2.24) is 10.2 Å². The van der Waals surface area contributed by atoms with E-state index in [2.05, 4.69) is 27.2 Å². The van der Waals surface area contributed by atoms with E-state index in [1.165, 1.54) is 25.7 Å². The Morgan fingerprint density at radius 2 is 2.11 bits per heavy atom. The van der Waals surface area contributed by atoms with E-state index < -0.39 is 0 Å². The summed E-state index contributed by atoms with van der Waals surface area (Å²) in [5.41, 5.74) is 1.13. The van der Waals surface area contributed by atoms with Crippen LogP contribution in [0, 0.1) is 0 Å². The molecule has 1 atom stereocenters. The van der Waals surface area contributed by atoms with Crippen molar-refractivity contribution in [3.63, 3.8) is 0 Å². The van der Waals surface area contributed by atoms with Gasteiger partial charge in [-0.05, 0) is 25.0 Å². The zero-order valence-electron chi connectivity index (χ0n) is 11.2. The first-order chi connectivity index (χ1) is 9.36. The maximum atomic E-state index is 9.16. The number of nitrogens with zero attached hydrogens (tertiary/aromatic N) is 3. The van der Waals surface area contributed by atoms with Crippen molar-refractivity contribution in [2.24, 2.45) is 0 Å². The highest BCUT2D eigenvalue weighted by Gasteiger charge is 2.22. The van der Waals surface area contributed by atoms with Crippen LogP contribution in [0.1, 0.15) is 37.3 Å². The van der Waals surface area contributed by atoms with E-state index in [-0.39, 0.29) is 12.7 Å². The zero-order chi connectivity index (χ0) is 13.1. The fraction of sp³-hybridized carbons (Fsp3) is 0.714. The number of aliphatic hydroxyl groups excluding tert-OH is 1. The molecule has 0 amide bonds. The lowest BCUT2D eigenvalue weighted by Crippen LogP contribution is -2.44. The molecule has 1 aromatic rings. The molecule has 5 nitrogen and oxygen atoms in total. The molecule has 3 rings (SSSR count). The third kappa shape index (κ3) is 2.87. The lowest BCUT2D eigenvalue weighted by Gasteiger charge is -2.32. The summed E-state index contributed by atoms with van der Waals surface area (Å²) in [7, 11) is 0. The summed E-state index contributed by atoms with van der Waals surface area (Å²) in [5.74, 6) is 1.50. The van der Waals surface area contributed by atoms with Gasteiger partial charge in [0.1, 0.15) is 0 Å². The number of morpholine rings is 1. The molecule has 2 aliphatic rings. The highest BCUT2D eigenvalue weighted by Crippen LogP contribution is 2.32. The lowest BCUT2D eigenvalue weighted by atomic mass is 10.0. The molecule has 0 bridgehead atoms. The first-order valence-corrected chi connectivity index (χ1v) is 7.18. The van der Waals surface area contributed by atoms with Gasteiger partial charge in [0.25, 0.3) is 0 Å². The molecule has 2 heterocycles. The third-order valence-electron chi connectivity index (χ3n) is 4.11. The summed E-state index contributed by atoms with van der Waals surface area (Å²) in [5, 5.41) is 17.9. The maximum Gasteiger partial charge on any atom is 0.151 e. The number of anilines is 1. The molecule has 19 heavy (non-hydrogen) atoms. The van der Waals surface area contributed by atoms with Gasteiger partial charge in [-0.3, -0.25) is 0 Å². The number of aliphatic hydroxyl groups is 1. The van der Waals surface area contributed by atoms with E-state index in [1.54, 1.807) is 0 Å². The lowest BCUT2D eigenvalue weighted by molar-refractivity contribution is 0.00332. The van der Waals surface area contributed by atoms with Gasteiger partial charge in [0.2, 0.25) is 0 Å². The number of hydrogen-bond donors (Lipinski definition) is 1. The molecule has 1 unspecified atom stereocenters. The average molecular weight is 263 g/mol. The van der Waals surface area contributed by atoms with E-state index in [0.29, 0.717) is 19.1 Å². The van der Waals surface area contributed by atoms with Gasteiger partial charge in [0, 0.05) is 19.0 Å². The van der Waals surface area contributed by atoms with Crippen LogP contribution in [0.25, 0.3) is 0 Å². The van der Waals surface area contributed by atoms with Crippen molar-refractivity contribution in [2.75, 3.05) is 31.2 Å². The van der Waals surface area contributed by atoms with Crippen LogP contribution in [0.5, 0.6) is 0 Å². The van der Waals surface area contributed by atoms with Gasteiger partial charge in [-0.2, -0.15) is 5.10 Å². The van der Waals surface area contributed by atoms with Gasteiger partial charge in [0.15, 0.2) is 5.82 Å². The van der Waals surface area contributed by atoms with Gasteiger partial charge in [-0.1, -0.05) is 12.8 Å². The average Bonchev–Trinajstić information content (AvgIpc) is 3.02. The summed E-state index contributed by atoms with van der Waals surface area (Å²) < 4.78 is 5.44. The Balaban J connectivity index is 1.67. The summed E-state index contributed by atoms with van der Waals surface area (Å²) >= 11 is 0.